The van der Waals surface area contributed by atoms with Gasteiger partial charge in [-0.2, -0.15) is 0 Å². The monoisotopic (exact) mass is 152 g/mol. The maximum absolute atomic E-state index is 5.41. The first-order valence-electron chi connectivity index (χ1n) is 2.09. The van der Waals surface area contributed by atoms with Crippen molar-refractivity contribution >= 4 is 24.2 Å². The second-order valence-corrected chi connectivity index (χ2v) is 2.58. The van der Waals surface area contributed by atoms with Crippen LogP contribution in [0.25, 0.3) is 0 Å². The van der Waals surface area contributed by atoms with E-state index < -0.39 is 0 Å². The summed E-state index contributed by atoms with van der Waals surface area (Å²) in [6.45, 7) is 0. The molecule has 0 saturated carbocycles. The van der Waals surface area contributed by atoms with Gasteiger partial charge in [-0.3, -0.25) is 0 Å². The zero-order valence-electron chi connectivity index (χ0n) is 4.63. The number of hydrogen-bond donors (Lipinski definition) is 1. The summed E-state index contributed by atoms with van der Waals surface area (Å²) in [5.41, 5.74) is 5.41. The molecule has 0 aliphatic carbocycles. The van der Waals surface area contributed by atoms with Crippen LogP contribution in [-0.4, -0.2) is 17.8 Å². The zero-order chi connectivity index (χ0) is 5.28. The van der Waals surface area contributed by atoms with Gasteiger partial charge < -0.3 is 10.6 Å². The molecular weight excluding hydrogens is 144 g/mol. The zero-order valence-corrected chi connectivity index (χ0v) is 6.26. The molecule has 0 amide bonds. The summed E-state index contributed by atoms with van der Waals surface area (Å²) in [7, 11) is 2.01. The molecule has 2 N–H and O–H groups in total. The molecule has 1 rings (SSSR count). The van der Waals surface area contributed by atoms with Crippen LogP contribution in [0.15, 0.2) is 11.2 Å². The van der Waals surface area contributed by atoms with Crippen LogP contribution in [0.1, 0.15) is 0 Å². The largest absolute Gasteiger partial charge is 0.392 e. The standard InChI is InChI=1S/C4H8N2S.ClH/c1-6-2-4(5)7-3-6;/h2H,3,5H2,1H3;1H. The molecule has 0 fully saturated rings. The number of nitrogens with zero attached hydrogens (tertiary/aromatic N) is 1. The van der Waals surface area contributed by atoms with Crippen molar-refractivity contribution < 1.29 is 0 Å². The molecule has 4 heteroatoms. The molecule has 0 aromatic carbocycles. The Labute approximate surface area is 59.5 Å². The van der Waals surface area contributed by atoms with Gasteiger partial charge in [-0.15, -0.1) is 12.4 Å². The summed E-state index contributed by atoms with van der Waals surface area (Å²) in [4.78, 5) is 2.06. The van der Waals surface area contributed by atoms with E-state index in [2.05, 4.69) is 4.90 Å². The second-order valence-electron chi connectivity index (χ2n) is 1.56. The first-order valence-corrected chi connectivity index (χ1v) is 3.08. The maximum Gasteiger partial charge on any atom is 0.0834 e. The molecule has 0 unspecified atom stereocenters. The van der Waals surface area contributed by atoms with Crippen molar-refractivity contribution in [3.63, 3.8) is 0 Å². The third-order valence-electron chi connectivity index (χ3n) is 0.782. The summed E-state index contributed by atoms with van der Waals surface area (Å²) in [6.07, 6.45) is 1.94. The molecular formula is C4H9ClN2S. The van der Waals surface area contributed by atoms with Crippen molar-refractivity contribution in [2.45, 2.75) is 0 Å². The van der Waals surface area contributed by atoms with Gasteiger partial charge in [0, 0.05) is 13.2 Å². The minimum absolute atomic E-state index is 0. The van der Waals surface area contributed by atoms with Crippen molar-refractivity contribution in [3.8, 4) is 0 Å². The highest BCUT2D eigenvalue weighted by Crippen LogP contribution is 2.17. The molecule has 1 heterocycles. The average Bonchev–Trinajstić information content (AvgIpc) is 1.87. The molecule has 8 heavy (non-hydrogen) atoms. The van der Waals surface area contributed by atoms with E-state index in [0.29, 0.717) is 0 Å². The fourth-order valence-electron chi connectivity index (χ4n) is 0.468. The highest BCUT2D eigenvalue weighted by molar-refractivity contribution is 8.03. The number of rotatable bonds is 0. The van der Waals surface area contributed by atoms with Gasteiger partial charge in [0.15, 0.2) is 0 Å². The molecule has 0 radical (unpaired) electrons. The van der Waals surface area contributed by atoms with E-state index in [4.69, 9.17) is 5.73 Å². The Kier molecular flexibility index (Phi) is 3.09. The number of nitrogens with two attached hydrogens (primary N) is 1. The van der Waals surface area contributed by atoms with Gasteiger partial charge in [0.2, 0.25) is 0 Å². The molecule has 2 nitrogen and oxygen atoms in total. The minimum atomic E-state index is 0. The van der Waals surface area contributed by atoms with E-state index >= 15 is 0 Å². The molecule has 0 bridgehead atoms. The van der Waals surface area contributed by atoms with Crippen LogP contribution in [0.3, 0.4) is 0 Å². The smallest absolute Gasteiger partial charge is 0.0834 e. The second kappa shape index (κ2) is 3.10. The predicted molar refractivity (Wildman–Crippen MR) is 39.7 cm³/mol. The highest BCUT2D eigenvalue weighted by Gasteiger charge is 2.02. The van der Waals surface area contributed by atoms with Crippen molar-refractivity contribution in [2.75, 3.05) is 12.9 Å². The van der Waals surface area contributed by atoms with Crippen molar-refractivity contribution in [1.29, 1.82) is 0 Å². The van der Waals surface area contributed by atoms with Crippen molar-refractivity contribution in [3.05, 3.63) is 11.2 Å². The lowest BCUT2D eigenvalue weighted by Crippen LogP contribution is -2.02. The maximum atomic E-state index is 5.41. The van der Waals surface area contributed by atoms with E-state index in [-0.39, 0.29) is 12.4 Å². The van der Waals surface area contributed by atoms with Gasteiger partial charge in [0.25, 0.3) is 0 Å². The van der Waals surface area contributed by atoms with Crippen LogP contribution in [0.2, 0.25) is 0 Å². The average molecular weight is 153 g/mol. The lowest BCUT2D eigenvalue weighted by atomic mass is 10.8. The normalized spacial score (nSPS) is 17.6. The Morgan fingerprint density at radius 3 is 2.62 bits per heavy atom. The number of halogens is 1. The van der Waals surface area contributed by atoms with Gasteiger partial charge in [0.1, 0.15) is 0 Å². The Morgan fingerprint density at radius 2 is 2.50 bits per heavy atom. The molecule has 1 aliphatic heterocycles. The van der Waals surface area contributed by atoms with Crippen LogP contribution in [0, 0.1) is 0 Å². The number of thioether (sulfide) groups is 1. The first kappa shape index (κ1) is 7.98. The van der Waals surface area contributed by atoms with E-state index in [9.17, 15) is 0 Å². The molecule has 0 atom stereocenters. The topological polar surface area (TPSA) is 29.3 Å². The quantitative estimate of drug-likeness (QED) is 0.557. The Morgan fingerprint density at radius 1 is 1.88 bits per heavy atom. The lowest BCUT2D eigenvalue weighted by molar-refractivity contribution is 0.550. The molecule has 0 aromatic heterocycles. The fourth-order valence-corrected chi connectivity index (χ4v) is 1.15. The number of hydrogen-bond acceptors (Lipinski definition) is 3. The molecule has 0 aromatic rings. The fraction of sp³-hybridized carbons (Fsp3) is 0.500. The summed E-state index contributed by atoms with van der Waals surface area (Å²) < 4.78 is 0. The first-order chi connectivity index (χ1) is 3.29. The minimum Gasteiger partial charge on any atom is -0.392 e. The lowest BCUT2D eigenvalue weighted by Gasteiger charge is -2.00. The van der Waals surface area contributed by atoms with Crippen LogP contribution in [0.5, 0.6) is 0 Å². The van der Waals surface area contributed by atoms with E-state index in [1.807, 2.05) is 13.2 Å². The summed E-state index contributed by atoms with van der Waals surface area (Å²) in [6, 6.07) is 0. The van der Waals surface area contributed by atoms with E-state index in [1.165, 1.54) is 0 Å². The van der Waals surface area contributed by atoms with Crippen LogP contribution >= 0.6 is 24.2 Å². The summed E-state index contributed by atoms with van der Waals surface area (Å²) in [5, 5.41) is 0.919. The van der Waals surface area contributed by atoms with Gasteiger partial charge in [-0.05, 0) is 0 Å². The van der Waals surface area contributed by atoms with Crippen LogP contribution < -0.4 is 5.73 Å². The van der Waals surface area contributed by atoms with Crippen molar-refractivity contribution in [2.24, 2.45) is 5.73 Å². The van der Waals surface area contributed by atoms with Gasteiger partial charge in [0.05, 0.1) is 10.9 Å². The molecule has 1 aliphatic rings. The summed E-state index contributed by atoms with van der Waals surface area (Å²) in [5.74, 6) is 1.01. The third-order valence-corrected chi connectivity index (χ3v) is 1.76. The van der Waals surface area contributed by atoms with Gasteiger partial charge in [-0.25, -0.2) is 0 Å². The Bertz CT molecular complexity index is 104. The molecule has 0 saturated heterocycles. The van der Waals surface area contributed by atoms with Crippen molar-refractivity contribution in [1.82, 2.24) is 4.90 Å². The van der Waals surface area contributed by atoms with Crippen LogP contribution in [-0.2, 0) is 0 Å². The van der Waals surface area contributed by atoms with Gasteiger partial charge >= 0.3 is 0 Å². The Hall–Kier alpha value is -0.0200. The van der Waals surface area contributed by atoms with Gasteiger partial charge in [-0.1, -0.05) is 11.8 Å². The molecule has 48 valence electrons. The highest BCUT2D eigenvalue weighted by atomic mass is 35.5. The van der Waals surface area contributed by atoms with E-state index in [0.717, 1.165) is 10.9 Å². The third kappa shape index (κ3) is 1.84. The summed E-state index contributed by atoms with van der Waals surface area (Å²) >= 11 is 1.67. The SMILES string of the molecule is CN1C=C(N)SC1.Cl. The van der Waals surface area contributed by atoms with Crippen LogP contribution in [0.4, 0.5) is 0 Å². The predicted octanol–water partition coefficient (Wildman–Crippen LogP) is 0.802. The van der Waals surface area contributed by atoms with E-state index in [1.54, 1.807) is 11.8 Å². The molecule has 0 spiro atoms. The Balaban J connectivity index is 0.000000490.